The van der Waals surface area contributed by atoms with Gasteiger partial charge in [-0.15, -0.1) is 0 Å². The molecule has 1 aliphatic rings. The van der Waals surface area contributed by atoms with Gasteiger partial charge in [0.1, 0.15) is 24.2 Å². The van der Waals surface area contributed by atoms with Crippen LogP contribution in [-0.4, -0.2) is 50.0 Å². The van der Waals surface area contributed by atoms with Crippen LogP contribution < -0.4 is 9.62 Å². The number of anilines is 1. The molecule has 0 heterocycles. The minimum atomic E-state index is -4.08. The van der Waals surface area contributed by atoms with Crippen molar-refractivity contribution in [3.8, 4) is 0 Å². The number of nitrogens with one attached hydrogen (secondary N) is 1. The van der Waals surface area contributed by atoms with Crippen molar-refractivity contribution in [3.63, 3.8) is 0 Å². The van der Waals surface area contributed by atoms with E-state index in [2.05, 4.69) is 5.32 Å². The fourth-order valence-electron chi connectivity index (χ4n) is 4.96. The van der Waals surface area contributed by atoms with E-state index in [1.54, 1.807) is 0 Å². The largest absolute Gasteiger partial charge is 0.352 e. The maximum Gasteiger partial charge on any atom is 0.244 e. The second-order valence-electron chi connectivity index (χ2n) is 10.1. The first-order valence-corrected chi connectivity index (χ1v) is 15.1. The predicted molar refractivity (Wildman–Crippen MR) is 150 cm³/mol. The van der Waals surface area contributed by atoms with Crippen LogP contribution in [0.3, 0.4) is 0 Å². The summed E-state index contributed by atoms with van der Waals surface area (Å²) in [5.41, 5.74) is 1.09. The number of nitrogens with zero attached hydrogens (tertiary/aromatic N) is 2. The third kappa shape index (κ3) is 7.65. The molecule has 2 amide bonds. The van der Waals surface area contributed by atoms with Gasteiger partial charge in [0.05, 0.1) is 11.9 Å². The molecule has 4 rings (SSSR count). The molecule has 1 N–H and O–H groups in total. The maximum atomic E-state index is 14.7. The number of benzene rings is 3. The Morgan fingerprint density at radius 2 is 1.52 bits per heavy atom. The van der Waals surface area contributed by atoms with Gasteiger partial charge in [-0.05, 0) is 48.2 Å². The van der Waals surface area contributed by atoms with Gasteiger partial charge >= 0.3 is 0 Å². The van der Waals surface area contributed by atoms with Crippen molar-refractivity contribution in [1.82, 2.24) is 10.2 Å². The number of carbonyl (C=O) groups excluding carboxylic acids is 2. The van der Waals surface area contributed by atoms with Crippen molar-refractivity contribution in [2.75, 3.05) is 17.1 Å². The van der Waals surface area contributed by atoms with Crippen LogP contribution in [0.2, 0.25) is 0 Å². The van der Waals surface area contributed by atoms with Gasteiger partial charge in [-0.25, -0.2) is 17.2 Å². The molecule has 0 radical (unpaired) electrons. The molecule has 0 aromatic heterocycles. The van der Waals surface area contributed by atoms with Crippen molar-refractivity contribution in [2.24, 2.45) is 0 Å². The Morgan fingerprint density at radius 1 is 0.900 bits per heavy atom. The van der Waals surface area contributed by atoms with Gasteiger partial charge in [0, 0.05) is 19.0 Å². The number of hydrogen-bond acceptors (Lipinski definition) is 4. The smallest absolute Gasteiger partial charge is 0.244 e. The molecule has 1 atom stereocenters. The van der Waals surface area contributed by atoms with Crippen LogP contribution in [0.25, 0.3) is 0 Å². The zero-order valence-electron chi connectivity index (χ0n) is 22.3. The normalized spacial score (nSPS) is 14.5. The highest BCUT2D eigenvalue weighted by molar-refractivity contribution is 7.92. The van der Waals surface area contributed by atoms with Crippen LogP contribution in [0.5, 0.6) is 0 Å². The van der Waals surface area contributed by atoms with Gasteiger partial charge in [0.2, 0.25) is 21.8 Å². The molecule has 0 bridgehead atoms. The zero-order chi connectivity index (χ0) is 28.7. The molecule has 7 nitrogen and oxygen atoms in total. The molecule has 10 heteroatoms. The van der Waals surface area contributed by atoms with Crippen molar-refractivity contribution in [1.29, 1.82) is 0 Å². The summed E-state index contributed by atoms with van der Waals surface area (Å²) >= 11 is 0. The van der Waals surface area contributed by atoms with Crippen molar-refractivity contribution < 1.29 is 26.8 Å². The van der Waals surface area contributed by atoms with Gasteiger partial charge in [0.15, 0.2) is 0 Å². The molecule has 1 aliphatic carbocycles. The minimum Gasteiger partial charge on any atom is -0.352 e. The number of sulfonamides is 1. The van der Waals surface area contributed by atoms with Gasteiger partial charge in [-0.1, -0.05) is 67.4 Å². The summed E-state index contributed by atoms with van der Waals surface area (Å²) in [6.07, 6.45) is 4.74. The Hall–Kier alpha value is -3.79. The van der Waals surface area contributed by atoms with E-state index in [1.165, 1.54) is 47.4 Å². The molecule has 0 saturated heterocycles. The molecule has 40 heavy (non-hydrogen) atoms. The van der Waals surface area contributed by atoms with E-state index in [4.69, 9.17) is 0 Å². The topological polar surface area (TPSA) is 86.8 Å². The first-order valence-electron chi connectivity index (χ1n) is 13.2. The molecule has 0 aliphatic heterocycles. The summed E-state index contributed by atoms with van der Waals surface area (Å²) in [7, 11) is -4.08. The first-order chi connectivity index (χ1) is 19.1. The highest BCUT2D eigenvalue weighted by Crippen LogP contribution is 2.24. The van der Waals surface area contributed by atoms with Crippen molar-refractivity contribution >= 4 is 27.5 Å². The molecule has 0 spiro atoms. The number of hydrogen-bond donors (Lipinski definition) is 1. The monoisotopic (exact) mass is 569 g/mol. The van der Waals surface area contributed by atoms with Crippen LogP contribution in [0.1, 0.15) is 36.8 Å². The molecule has 3 aromatic rings. The summed E-state index contributed by atoms with van der Waals surface area (Å²) in [6.45, 7) is -0.799. The van der Waals surface area contributed by atoms with Crippen LogP contribution in [0.15, 0.2) is 78.9 Å². The summed E-state index contributed by atoms with van der Waals surface area (Å²) < 4.78 is 54.5. The van der Waals surface area contributed by atoms with Crippen LogP contribution >= 0.6 is 0 Å². The summed E-state index contributed by atoms with van der Waals surface area (Å²) in [5, 5.41) is 3.07. The Bertz CT molecular complexity index is 1410. The lowest BCUT2D eigenvalue weighted by atomic mass is 10.0. The van der Waals surface area contributed by atoms with Crippen LogP contribution in [0.4, 0.5) is 14.5 Å². The SMILES string of the molecule is CS(=O)(=O)N(CC(=O)N(Cc1ccc(F)cc1)[C@H](Cc1ccccc1)C(=O)NC1CCCC1)c1ccccc1F. The maximum absolute atomic E-state index is 14.7. The van der Waals surface area contributed by atoms with E-state index in [0.717, 1.165) is 43.6 Å². The number of carbonyl (C=O) groups is 2. The third-order valence-electron chi connectivity index (χ3n) is 7.04. The molecule has 3 aromatic carbocycles. The standard InChI is InChI=1S/C30H33F2N3O4S/c1-40(38,39)35(27-14-8-7-13-26(27)32)21-29(36)34(20-23-15-17-24(31)18-16-23)28(19-22-9-3-2-4-10-22)30(37)33-25-11-5-6-12-25/h2-4,7-10,13-18,25,28H,5-6,11-12,19-21H2,1H3,(H,33,37)/t28-/m1/s1. The highest BCUT2D eigenvalue weighted by atomic mass is 32.2. The molecule has 0 unspecified atom stereocenters. The van der Waals surface area contributed by atoms with Gasteiger partial charge in [0.25, 0.3) is 0 Å². The lowest BCUT2D eigenvalue weighted by Crippen LogP contribution is -2.54. The summed E-state index contributed by atoms with van der Waals surface area (Å²) in [5.74, 6) is -2.31. The van der Waals surface area contributed by atoms with Crippen molar-refractivity contribution in [2.45, 2.75) is 50.7 Å². The van der Waals surface area contributed by atoms with Gasteiger partial charge < -0.3 is 10.2 Å². The molecule has 1 saturated carbocycles. The Labute approximate surface area is 233 Å². The number of rotatable bonds is 11. The first kappa shape index (κ1) is 29.2. The highest BCUT2D eigenvalue weighted by Gasteiger charge is 2.34. The molecule has 212 valence electrons. The van der Waals surface area contributed by atoms with Gasteiger partial charge in [-0.3, -0.25) is 13.9 Å². The average Bonchev–Trinajstić information content (AvgIpc) is 3.43. The number of halogens is 2. The minimum absolute atomic E-state index is 0.0144. The van der Waals surface area contributed by atoms with Crippen molar-refractivity contribution in [3.05, 3.63) is 102 Å². The fraction of sp³-hybridized carbons (Fsp3) is 0.333. The molecule has 1 fully saturated rings. The summed E-state index contributed by atoms with van der Waals surface area (Å²) in [6, 6.07) is 19.0. The Kier molecular flexibility index (Phi) is 9.52. The molecular weight excluding hydrogens is 536 g/mol. The van der Waals surface area contributed by atoms with E-state index >= 15 is 0 Å². The molecular formula is C30H33F2N3O4S. The van der Waals surface area contributed by atoms with Crippen LogP contribution in [-0.2, 0) is 32.6 Å². The average molecular weight is 570 g/mol. The fourth-order valence-corrected chi connectivity index (χ4v) is 5.81. The predicted octanol–water partition coefficient (Wildman–Crippen LogP) is 4.43. The summed E-state index contributed by atoms with van der Waals surface area (Å²) in [4.78, 5) is 29.0. The van der Waals surface area contributed by atoms with E-state index in [0.29, 0.717) is 9.87 Å². The third-order valence-corrected chi connectivity index (χ3v) is 8.17. The zero-order valence-corrected chi connectivity index (χ0v) is 23.1. The van der Waals surface area contributed by atoms with E-state index in [1.807, 2.05) is 30.3 Å². The quantitative estimate of drug-likeness (QED) is 0.370. The van der Waals surface area contributed by atoms with E-state index in [9.17, 15) is 26.8 Å². The Morgan fingerprint density at radius 3 is 2.15 bits per heavy atom. The number of para-hydroxylation sites is 1. The van der Waals surface area contributed by atoms with E-state index in [-0.39, 0.29) is 30.6 Å². The second kappa shape index (κ2) is 13.0. The Balaban J connectivity index is 1.72. The van der Waals surface area contributed by atoms with Crippen LogP contribution in [0, 0.1) is 11.6 Å². The lowest BCUT2D eigenvalue weighted by molar-refractivity contribution is -0.140. The van der Waals surface area contributed by atoms with E-state index < -0.39 is 40.2 Å². The van der Waals surface area contributed by atoms with Gasteiger partial charge in [-0.2, -0.15) is 0 Å². The number of amides is 2. The lowest BCUT2D eigenvalue weighted by Gasteiger charge is -2.34. The second-order valence-corrected chi connectivity index (χ2v) is 12.0.